The smallest absolute Gasteiger partial charge is 0.212 e. The van der Waals surface area contributed by atoms with Gasteiger partial charge in [-0.15, -0.1) is 21.9 Å². The lowest BCUT2D eigenvalue weighted by Gasteiger charge is -2.44. The Kier molecular flexibility index (Phi) is 13.0. The third kappa shape index (κ3) is 7.54. The molecule has 71 heavy (non-hydrogen) atoms. The summed E-state index contributed by atoms with van der Waals surface area (Å²) < 4.78 is 296. The van der Waals surface area contributed by atoms with Crippen molar-refractivity contribution in [1.29, 1.82) is 0 Å². The minimum Gasteiger partial charge on any atom is -0.252 e. The maximum atomic E-state index is 15.4. The molecule has 23 heteroatoms. The molecule has 0 radical (unpaired) electrons. The molecule has 7 aromatic carbocycles. The molecule has 364 valence electrons. The number of halogens is 20. The van der Waals surface area contributed by atoms with Crippen LogP contribution in [0.5, 0.6) is 0 Å². The van der Waals surface area contributed by atoms with Crippen LogP contribution >= 0.6 is 0 Å². The third-order valence-corrected chi connectivity index (χ3v) is 11.9. The molecular formula is C48H19BF20N2. The number of hydrogen-bond acceptors (Lipinski definition) is 1. The zero-order chi connectivity index (χ0) is 51.7. The molecule has 0 fully saturated rings. The molecule has 2 nitrogen and oxygen atoms in total. The second kappa shape index (κ2) is 18.6. The highest BCUT2D eigenvalue weighted by atomic mass is 19.2. The van der Waals surface area contributed by atoms with E-state index < -0.39 is 144 Å². The Morgan fingerprint density at radius 1 is 0.352 bits per heavy atom. The van der Waals surface area contributed by atoms with Crippen LogP contribution in [0.4, 0.5) is 87.8 Å². The molecule has 1 aliphatic rings. The van der Waals surface area contributed by atoms with Crippen molar-refractivity contribution in [1.82, 2.24) is 4.98 Å². The summed E-state index contributed by atoms with van der Waals surface area (Å²) in [6.07, 6.45) is -1.23. The number of nitrogens with zero attached hydrogens (tertiary/aromatic N) is 2. The summed E-state index contributed by atoms with van der Waals surface area (Å²) in [6, 6.07) is 28.1. The van der Waals surface area contributed by atoms with Gasteiger partial charge in [-0.3, -0.25) is 4.98 Å². The molecule has 0 amide bonds. The quantitative estimate of drug-likeness (QED) is 0.0511. The first-order valence-electron chi connectivity index (χ1n) is 19.9. The Morgan fingerprint density at radius 3 is 0.958 bits per heavy atom. The summed E-state index contributed by atoms with van der Waals surface area (Å²) in [5.74, 6) is -71.2. The van der Waals surface area contributed by atoms with Crippen molar-refractivity contribution >= 4 is 28.0 Å². The second-order valence-electron chi connectivity index (χ2n) is 15.5. The molecule has 0 N–H and O–H groups in total. The van der Waals surface area contributed by atoms with Gasteiger partial charge >= 0.3 is 0 Å². The van der Waals surface area contributed by atoms with E-state index in [1.165, 1.54) is 33.5 Å². The van der Waals surface area contributed by atoms with Gasteiger partial charge in [0.25, 0.3) is 0 Å². The van der Waals surface area contributed by atoms with Crippen molar-refractivity contribution in [2.45, 2.75) is 12.5 Å². The maximum absolute atomic E-state index is 15.4. The fraction of sp³-hybridized carbons (Fsp3) is 0.0417. The van der Waals surface area contributed by atoms with Crippen LogP contribution in [0, 0.1) is 116 Å². The molecule has 0 atom stereocenters. The lowest BCUT2D eigenvalue weighted by molar-refractivity contribution is -0.696. The predicted molar refractivity (Wildman–Crippen MR) is 212 cm³/mol. The molecular weight excluding hydrogens is 995 g/mol. The van der Waals surface area contributed by atoms with Gasteiger partial charge in [-0.1, -0.05) is 78.9 Å². The van der Waals surface area contributed by atoms with Gasteiger partial charge in [-0.2, -0.15) is 4.57 Å². The Hall–Kier alpha value is -7.72. The molecule has 0 bridgehead atoms. The molecule has 1 heterocycles. The summed E-state index contributed by atoms with van der Waals surface area (Å²) >= 11 is 0. The monoisotopic (exact) mass is 1010 g/mol. The molecule has 0 spiro atoms. The van der Waals surface area contributed by atoms with Crippen LogP contribution in [0.25, 0.3) is 11.1 Å². The predicted octanol–water partition coefficient (Wildman–Crippen LogP) is 10.4. The minimum absolute atomic E-state index is 0.222. The molecule has 0 aliphatic heterocycles. The van der Waals surface area contributed by atoms with Crippen LogP contribution < -0.4 is 26.4 Å². The van der Waals surface area contributed by atoms with Crippen LogP contribution in [0.15, 0.2) is 97.5 Å². The zero-order valence-corrected chi connectivity index (χ0v) is 34.6. The number of fused-ring (bicyclic) bond motifs is 3. The first-order chi connectivity index (χ1) is 33.6. The van der Waals surface area contributed by atoms with E-state index in [0.29, 0.717) is 0 Å². The number of benzene rings is 7. The van der Waals surface area contributed by atoms with E-state index in [1.807, 2.05) is 12.4 Å². The average molecular weight is 1010 g/mol. The van der Waals surface area contributed by atoms with E-state index in [1.54, 1.807) is 0 Å². The van der Waals surface area contributed by atoms with Crippen molar-refractivity contribution < 1.29 is 92.4 Å². The number of rotatable bonds is 7. The third-order valence-electron chi connectivity index (χ3n) is 11.9. The van der Waals surface area contributed by atoms with Gasteiger partial charge in [0.05, 0.1) is 18.3 Å². The van der Waals surface area contributed by atoms with E-state index in [0.717, 1.165) is 6.54 Å². The van der Waals surface area contributed by atoms with E-state index in [-0.39, 0.29) is 5.92 Å². The Morgan fingerprint density at radius 2 is 0.634 bits per heavy atom. The molecule has 9 rings (SSSR count). The summed E-state index contributed by atoms with van der Waals surface area (Å²) in [6.45, 7) is 0.847. The molecule has 0 unspecified atom stereocenters. The molecule has 1 aromatic heterocycles. The Bertz CT molecular complexity index is 3050. The van der Waals surface area contributed by atoms with Crippen LogP contribution in [-0.4, -0.2) is 11.1 Å². The van der Waals surface area contributed by atoms with Crippen molar-refractivity contribution in [3.8, 4) is 11.1 Å². The minimum atomic E-state index is -7.22. The number of hydrogen-bond donors (Lipinski definition) is 0. The van der Waals surface area contributed by atoms with E-state index >= 15 is 35.1 Å². The highest BCUT2D eigenvalue weighted by Crippen LogP contribution is 2.47. The van der Waals surface area contributed by atoms with Crippen molar-refractivity contribution in [2.24, 2.45) is 0 Å². The number of aromatic nitrogens is 2. The van der Waals surface area contributed by atoms with Gasteiger partial charge < -0.3 is 0 Å². The largest absolute Gasteiger partial charge is 0.252 e. The summed E-state index contributed by atoms with van der Waals surface area (Å²) in [4.78, 5) is 4.46. The topological polar surface area (TPSA) is 16.8 Å². The summed E-state index contributed by atoms with van der Waals surface area (Å²) in [7, 11) is 0. The van der Waals surface area contributed by atoms with Crippen LogP contribution in [-0.2, 0) is 6.54 Å². The maximum Gasteiger partial charge on any atom is 0.212 e. The summed E-state index contributed by atoms with van der Waals surface area (Å²) in [5.41, 5.74) is -6.40. The van der Waals surface area contributed by atoms with Crippen molar-refractivity contribution in [3.63, 3.8) is 0 Å². The Balaban J connectivity index is 0.000000218. The van der Waals surface area contributed by atoms with Crippen molar-refractivity contribution in [2.75, 3.05) is 0 Å². The van der Waals surface area contributed by atoms with Crippen molar-refractivity contribution in [3.05, 3.63) is 236 Å². The van der Waals surface area contributed by atoms with Gasteiger partial charge in [0.15, 0.2) is 82.5 Å². The highest BCUT2D eigenvalue weighted by molar-refractivity contribution is 7.20. The molecule has 8 aromatic rings. The average Bonchev–Trinajstić information content (AvgIpc) is 3.71. The van der Waals surface area contributed by atoms with Gasteiger partial charge in [-0.25, -0.2) is 87.8 Å². The van der Waals surface area contributed by atoms with Crippen LogP contribution in [0.2, 0.25) is 0 Å². The normalized spacial score (nSPS) is 12.2. The molecule has 0 saturated carbocycles. The van der Waals surface area contributed by atoms with E-state index in [2.05, 4.69) is 94.6 Å². The van der Waals surface area contributed by atoms with Gasteiger partial charge in [0.1, 0.15) is 52.7 Å². The van der Waals surface area contributed by atoms with E-state index in [4.69, 9.17) is 0 Å². The zero-order valence-electron chi connectivity index (χ0n) is 34.6. The molecule has 1 aliphatic carbocycles. The fourth-order valence-corrected chi connectivity index (χ4v) is 8.91. The van der Waals surface area contributed by atoms with E-state index in [9.17, 15) is 52.7 Å². The first kappa shape index (κ1) is 49.7. The van der Waals surface area contributed by atoms with Gasteiger partial charge in [0, 0.05) is 5.56 Å². The lowest BCUT2D eigenvalue weighted by Crippen LogP contribution is -2.81. The SMILES string of the molecule is Fc1c(F)c(F)c([B-](c2c(F)c(F)c(F)c(F)c2F)(c2c(F)c(F)c(F)c(F)c2F)c2c(F)c(F)c(F)c(F)c2F)c(F)c1F.c1ccc(C[n+]2ccncc2C2c3ccccc3-c3ccccc32)cc1. The second-order valence-corrected chi connectivity index (χ2v) is 15.5. The molecule has 0 saturated heterocycles. The standard InChI is InChI=1S/C24BF20.C24H19N2/c26-5-1(6(27)14(35)21(42)13(5)34)25(2-7(28)15(36)22(43)16(37)8(2)29,3-9(30)17(38)23(44)18(39)10(3)31)4-11(32)19(40)24(45)20(41)12(4)33;1-2-8-18(9-3-1)17-26-15-14-25-16-23(26)24-21-12-6-4-10-19(21)20-11-5-7-13-22(20)24/h;1-16,24H,17H2/q-1;+1. The fourth-order valence-electron chi connectivity index (χ4n) is 8.91. The first-order valence-corrected chi connectivity index (χ1v) is 19.9. The Labute approximate surface area is 384 Å². The highest BCUT2D eigenvalue weighted by Gasteiger charge is 2.52. The van der Waals surface area contributed by atoms with Gasteiger partial charge in [0.2, 0.25) is 5.69 Å². The van der Waals surface area contributed by atoms with Crippen LogP contribution in [0.3, 0.4) is 0 Å². The van der Waals surface area contributed by atoms with Gasteiger partial charge in [-0.05, 0) is 22.3 Å². The lowest BCUT2D eigenvalue weighted by atomic mass is 9.12. The summed E-state index contributed by atoms with van der Waals surface area (Å²) in [5, 5.41) is 0. The van der Waals surface area contributed by atoms with Crippen LogP contribution in [0.1, 0.15) is 28.3 Å².